The molecular formula is C34H28P+. The number of rotatable bonds is 5. The first-order valence-corrected chi connectivity index (χ1v) is 14.2. The molecule has 0 atom stereocenters. The fourth-order valence-corrected chi connectivity index (χ4v) is 9.91. The third-order valence-corrected chi connectivity index (χ3v) is 11.6. The van der Waals surface area contributed by atoms with Crippen molar-refractivity contribution in [3.05, 3.63) is 151 Å². The Hall–Kier alpha value is -3.73. The van der Waals surface area contributed by atoms with Crippen LogP contribution in [0.15, 0.2) is 140 Å². The van der Waals surface area contributed by atoms with Crippen molar-refractivity contribution in [2.45, 2.75) is 13.1 Å². The maximum absolute atomic E-state index is 2.34. The van der Waals surface area contributed by atoms with Crippen molar-refractivity contribution in [3.8, 4) is 0 Å². The highest BCUT2D eigenvalue weighted by atomic mass is 31.2. The van der Waals surface area contributed by atoms with Crippen LogP contribution in [-0.4, -0.2) is 0 Å². The van der Waals surface area contributed by atoms with Crippen LogP contribution >= 0.6 is 7.26 Å². The van der Waals surface area contributed by atoms with E-state index >= 15 is 0 Å². The van der Waals surface area contributed by atoms with Gasteiger partial charge in [-0.05, 0) is 70.4 Å². The lowest BCUT2D eigenvalue weighted by Crippen LogP contribution is -2.32. The molecule has 0 saturated carbocycles. The second-order valence-electron chi connectivity index (χ2n) is 9.17. The SMILES string of the molecule is Cc1c2ccccc2c(C[P+](c2ccccc2)(c2ccccc2)c2ccccc2)c2ccccc12. The van der Waals surface area contributed by atoms with Gasteiger partial charge in [0.2, 0.25) is 0 Å². The van der Waals surface area contributed by atoms with Crippen molar-refractivity contribution >= 4 is 44.7 Å². The van der Waals surface area contributed by atoms with Crippen LogP contribution in [0.3, 0.4) is 0 Å². The first-order chi connectivity index (χ1) is 17.3. The zero-order chi connectivity index (χ0) is 23.7. The third-order valence-electron chi connectivity index (χ3n) is 7.30. The van der Waals surface area contributed by atoms with Crippen molar-refractivity contribution in [1.29, 1.82) is 0 Å². The molecule has 6 aromatic rings. The quantitative estimate of drug-likeness (QED) is 0.179. The lowest BCUT2D eigenvalue weighted by Gasteiger charge is -2.29. The first-order valence-electron chi connectivity index (χ1n) is 12.2. The van der Waals surface area contributed by atoms with Gasteiger partial charge in [-0.25, -0.2) is 0 Å². The van der Waals surface area contributed by atoms with Gasteiger partial charge in [0.15, 0.2) is 0 Å². The Balaban J connectivity index is 1.75. The van der Waals surface area contributed by atoms with E-state index in [1.807, 2.05) is 0 Å². The lowest BCUT2D eigenvalue weighted by atomic mass is 9.93. The maximum atomic E-state index is 2.34. The second kappa shape index (κ2) is 9.14. The van der Waals surface area contributed by atoms with Gasteiger partial charge in [0.1, 0.15) is 23.2 Å². The maximum Gasteiger partial charge on any atom is 0.116 e. The Bertz CT molecular complexity index is 1450. The fourth-order valence-electron chi connectivity index (χ4n) is 5.61. The van der Waals surface area contributed by atoms with E-state index in [1.165, 1.54) is 48.6 Å². The summed E-state index contributed by atoms with van der Waals surface area (Å²) in [6, 6.07) is 51.5. The first kappa shape index (κ1) is 21.8. The van der Waals surface area contributed by atoms with Crippen LogP contribution in [0.4, 0.5) is 0 Å². The Morgan fingerprint density at radius 3 is 1.09 bits per heavy atom. The largest absolute Gasteiger partial charge is 0.116 e. The predicted molar refractivity (Wildman–Crippen MR) is 155 cm³/mol. The molecule has 35 heavy (non-hydrogen) atoms. The van der Waals surface area contributed by atoms with E-state index in [2.05, 4.69) is 146 Å². The van der Waals surface area contributed by atoms with Crippen LogP contribution in [-0.2, 0) is 6.16 Å². The van der Waals surface area contributed by atoms with Gasteiger partial charge in [0, 0.05) is 5.56 Å². The average Bonchev–Trinajstić information content (AvgIpc) is 2.95. The molecule has 0 bridgehead atoms. The summed E-state index contributed by atoms with van der Waals surface area (Å²) in [6.07, 6.45) is 0.979. The van der Waals surface area contributed by atoms with Crippen LogP contribution in [0, 0.1) is 6.92 Å². The summed E-state index contributed by atoms with van der Waals surface area (Å²) in [7, 11) is -2.00. The van der Waals surface area contributed by atoms with Crippen molar-refractivity contribution < 1.29 is 0 Å². The summed E-state index contributed by atoms with van der Waals surface area (Å²) in [5.74, 6) is 0. The molecule has 6 aromatic carbocycles. The van der Waals surface area contributed by atoms with Gasteiger partial charge < -0.3 is 0 Å². The van der Waals surface area contributed by atoms with Gasteiger partial charge in [-0.2, -0.15) is 0 Å². The van der Waals surface area contributed by atoms with Crippen molar-refractivity contribution in [2.75, 3.05) is 0 Å². The number of aryl methyl sites for hydroxylation is 1. The fraction of sp³-hybridized carbons (Fsp3) is 0.0588. The number of hydrogen-bond acceptors (Lipinski definition) is 0. The van der Waals surface area contributed by atoms with E-state index in [0.717, 1.165) is 6.16 Å². The van der Waals surface area contributed by atoms with Gasteiger partial charge in [0.25, 0.3) is 0 Å². The van der Waals surface area contributed by atoms with Crippen molar-refractivity contribution in [3.63, 3.8) is 0 Å². The minimum Gasteiger partial charge on any atom is -0.0620 e. The molecule has 0 aromatic heterocycles. The molecule has 0 saturated heterocycles. The molecule has 1 heteroatoms. The van der Waals surface area contributed by atoms with Crippen LogP contribution < -0.4 is 15.9 Å². The van der Waals surface area contributed by atoms with Crippen molar-refractivity contribution in [2.24, 2.45) is 0 Å². The molecule has 0 aliphatic rings. The van der Waals surface area contributed by atoms with Crippen LogP contribution in [0.1, 0.15) is 11.1 Å². The number of benzene rings is 6. The average molecular weight is 468 g/mol. The Morgan fingerprint density at radius 1 is 0.400 bits per heavy atom. The highest BCUT2D eigenvalue weighted by Crippen LogP contribution is 2.59. The molecule has 0 aliphatic carbocycles. The molecule has 0 aliphatic heterocycles. The van der Waals surface area contributed by atoms with E-state index in [4.69, 9.17) is 0 Å². The van der Waals surface area contributed by atoms with Gasteiger partial charge in [-0.15, -0.1) is 0 Å². The summed E-state index contributed by atoms with van der Waals surface area (Å²) >= 11 is 0. The smallest absolute Gasteiger partial charge is 0.0620 e. The Labute approximate surface area is 208 Å². The Kier molecular flexibility index (Phi) is 5.69. The van der Waals surface area contributed by atoms with Crippen LogP contribution in [0.25, 0.3) is 21.5 Å². The summed E-state index contributed by atoms with van der Waals surface area (Å²) < 4.78 is 0. The third kappa shape index (κ3) is 3.66. The van der Waals surface area contributed by atoms with Gasteiger partial charge in [-0.1, -0.05) is 103 Å². The number of fused-ring (bicyclic) bond motifs is 2. The minimum atomic E-state index is -2.00. The summed E-state index contributed by atoms with van der Waals surface area (Å²) in [5, 5.41) is 9.72. The summed E-state index contributed by atoms with van der Waals surface area (Å²) in [5.41, 5.74) is 2.81. The molecule has 0 radical (unpaired) electrons. The molecule has 0 unspecified atom stereocenters. The molecule has 0 spiro atoms. The van der Waals surface area contributed by atoms with Gasteiger partial charge >= 0.3 is 0 Å². The normalized spacial score (nSPS) is 11.7. The molecule has 168 valence electrons. The van der Waals surface area contributed by atoms with Crippen LogP contribution in [0.5, 0.6) is 0 Å². The topological polar surface area (TPSA) is 0 Å². The molecule has 0 heterocycles. The standard InChI is InChI=1S/C34H28P/c1-26-30-21-11-13-23-32(30)34(33-24-14-12-22-31(26)33)25-35(27-15-5-2-6-16-27,28-17-7-3-8-18-28)29-19-9-4-10-20-29/h2-24H,25H2,1H3/q+1. The number of hydrogen-bond donors (Lipinski definition) is 0. The zero-order valence-electron chi connectivity index (χ0n) is 19.9. The van der Waals surface area contributed by atoms with Gasteiger partial charge in [0.05, 0.1) is 6.16 Å². The minimum absolute atomic E-state index is 0.979. The lowest BCUT2D eigenvalue weighted by molar-refractivity contribution is 1.45. The Morgan fingerprint density at radius 2 is 0.714 bits per heavy atom. The van der Waals surface area contributed by atoms with Crippen molar-refractivity contribution in [1.82, 2.24) is 0 Å². The highest BCUT2D eigenvalue weighted by Gasteiger charge is 2.46. The van der Waals surface area contributed by atoms with E-state index in [-0.39, 0.29) is 0 Å². The molecule has 0 fully saturated rings. The molecule has 0 nitrogen and oxygen atoms in total. The van der Waals surface area contributed by atoms with E-state index in [1.54, 1.807) is 0 Å². The second-order valence-corrected chi connectivity index (χ2v) is 12.7. The van der Waals surface area contributed by atoms with E-state index in [9.17, 15) is 0 Å². The zero-order valence-corrected chi connectivity index (χ0v) is 20.8. The molecular weight excluding hydrogens is 439 g/mol. The van der Waals surface area contributed by atoms with Gasteiger partial charge in [-0.3, -0.25) is 0 Å². The van der Waals surface area contributed by atoms with E-state index in [0.29, 0.717) is 0 Å². The predicted octanol–water partition coefficient (Wildman–Crippen LogP) is 7.80. The molecule has 0 amide bonds. The summed E-state index contributed by atoms with van der Waals surface area (Å²) in [6.45, 7) is 2.27. The van der Waals surface area contributed by atoms with Crippen LogP contribution in [0.2, 0.25) is 0 Å². The molecule has 0 N–H and O–H groups in total. The summed E-state index contributed by atoms with van der Waals surface area (Å²) in [4.78, 5) is 0. The highest BCUT2D eigenvalue weighted by molar-refractivity contribution is 7.95. The molecule has 6 rings (SSSR count). The monoisotopic (exact) mass is 467 g/mol. The van der Waals surface area contributed by atoms with E-state index < -0.39 is 7.26 Å².